The fourth-order valence-electron chi connectivity index (χ4n) is 5.20. The van der Waals surface area contributed by atoms with Gasteiger partial charge in [-0.2, -0.15) is 0 Å². The first-order chi connectivity index (χ1) is 11.9. The van der Waals surface area contributed by atoms with Gasteiger partial charge < -0.3 is 0 Å². The molecule has 0 bridgehead atoms. The fraction of sp³-hybridized carbons (Fsp3) is 0.217. The number of rotatable bonds is 2. The molecule has 0 amide bonds. The van der Waals surface area contributed by atoms with Crippen molar-refractivity contribution in [2.24, 2.45) is 0 Å². The number of fused-ring (bicyclic) bond motifs is 3. The van der Waals surface area contributed by atoms with Gasteiger partial charge in [-0.3, -0.25) is 0 Å². The van der Waals surface area contributed by atoms with E-state index in [4.69, 9.17) is 0 Å². The summed E-state index contributed by atoms with van der Waals surface area (Å²) in [5.41, 5.74) is 2.43. The second kappa shape index (κ2) is 5.57. The molecule has 1 aliphatic heterocycles. The van der Waals surface area contributed by atoms with E-state index in [0.717, 1.165) is 11.6 Å². The predicted molar refractivity (Wildman–Crippen MR) is 106 cm³/mol. The van der Waals surface area contributed by atoms with Crippen LogP contribution in [0, 0.1) is 0 Å². The van der Waals surface area contributed by atoms with E-state index in [1.807, 2.05) is 0 Å². The van der Waals surface area contributed by atoms with E-state index in [1.54, 1.807) is 21.5 Å². The molecule has 2 aliphatic rings. The Morgan fingerprint density at radius 3 is 1.88 bits per heavy atom. The molecular weight excluding hydrogens is 307 g/mol. The van der Waals surface area contributed by atoms with E-state index in [-0.39, 0.29) is 0 Å². The van der Waals surface area contributed by atoms with Crippen molar-refractivity contribution in [1.29, 1.82) is 0 Å². The SMILES string of the molecule is c1ccc([P+]2(c3ccccc3)c3ccccc3C3CCC[C@@H]32)cc1. The first-order valence-electron chi connectivity index (χ1n) is 9.02. The van der Waals surface area contributed by atoms with Crippen LogP contribution in [0.4, 0.5) is 0 Å². The summed E-state index contributed by atoms with van der Waals surface area (Å²) in [5.74, 6) is 0.759. The Balaban J connectivity index is 1.88. The van der Waals surface area contributed by atoms with Crippen LogP contribution >= 0.6 is 7.26 Å². The Morgan fingerprint density at radius 2 is 1.21 bits per heavy atom. The van der Waals surface area contributed by atoms with E-state index < -0.39 is 7.26 Å². The van der Waals surface area contributed by atoms with Crippen molar-refractivity contribution in [3.63, 3.8) is 0 Å². The van der Waals surface area contributed by atoms with Crippen molar-refractivity contribution >= 4 is 23.2 Å². The van der Waals surface area contributed by atoms with Gasteiger partial charge in [-0.25, -0.2) is 0 Å². The Kier molecular flexibility index (Phi) is 3.35. The van der Waals surface area contributed by atoms with Gasteiger partial charge in [0, 0.05) is 11.5 Å². The van der Waals surface area contributed by atoms with Crippen LogP contribution in [0.25, 0.3) is 0 Å². The lowest BCUT2D eigenvalue weighted by atomic mass is 9.98. The highest BCUT2D eigenvalue weighted by Crippen LogP contribution is 2.71. The van der Waals surface area contributed by atoms with Crippen LogP contribution in [0.1, 0.15) is 30.7 Å². The molecule has 118 valence electrons. The molecule has 1 unspecified atom stereocenters. The number of benzene rings is 3. The summed E-state index contributed by atoms with van der Waals surface area (Å²) in [7, 11) is -1.55. The highest BCUT2D eigenvalue weighted by molar-refractivity contribution is 7.96. The van der Waals surface area contributed by atoms with Crippen LogP contribution < -0.4 is 15.9 Å². The predicted octanol–water partition coefficient (Wildman–Crippen LogP) is 4.63. The molecule has 0 radical (unpaired) electrons. The molecule has 3 aromatic rings. The molecule has 1 heterocycles. The minimum Gasteiger partial charge on any atom is -0.0620 e. The molecule has 0 saturated heterocycles. The summed E-state index contributed by atoms with van der Waals surface area (Å²) < 4.78 is 0. The molecule has 1 saturated carbocycles. The molecular formula is C23H22P+. The molecule has 0 N–H and O–H groups in total. The van der Waals surface area contributed by atoms with Gasteiger partial charge in [-0.15, -0.1) is 0 Å². The second-order valence-corrected chi connectivity index (χ2v) is 10.7. The maximum atomic E-state index is 2.43. The van der Waals surface area contributed by atoms with E-state index in [1.165, 1.54) is 19.3 Å². The highest BCUT2D eigenvalue weighted by Gasteiger charge is 2.62. The van der Waals surface area contributed by atoms with Gasteiger partial charge in [0.25, 0.3) is 0 Å². The zero-order valence-corrected chi connectivity index (χ0v) is 14.7. The zero-order chi connectivity index (χ0) is 16.0. The molecule has 5 rings (SSSR count). The monoisotopic (exact) mass is 329 g/mol. The van der Waals surface area contributed by atoms with Crippen LogP contribution in [0.15, 0.2) is 84.9 Å². The van der Waals surface area contributed by atoms with Crippen molar-refractivity contribution < 1.29 is 0 Å². The Hall–Kier alpha value is -1.91. The molecule has 1 heteroatoms. The van der Waals surface area contributed by atoms with Crippen LogP contribution in [-0.4, -0.2) is 5.66 Å². The van der Waals surface area contributed by atoms with Crippen molar-refractivity contribution in [2.75, 3.05) is 0 Å². The summed E-state index contributed by atoms with van der Waals surface area (Å²) >= 11 is 0. The maximum Gasteiger partial charge on any atom is 0.116 e. The van der Waals surface area contributed by atoms with Gasteiger partial charge in [0.05, 0.1) is 5.66 Å². The van der Waals surface area contributed by atoms with Crippen molar-refractivity contribution in [3.8, 4) is 0 Å². The lowest BCUT2D eigenvalue weighted by Gasteiger charge is -2.29. The third kappa shape index (κ3) is 1.84. The molecule has 0 nitrogen and oxygen atoms in total. The van der Waals surface area contributed by atoms with Gasteiger partial charge in [0.1, 0.15) is 23.2 Å². The van der Waals surface area contributed by atoms with E-state index in [9.17, 15) is 0 Å². The molecule has 24 heavy (non-hydrogen) atoms. The van der Waals surface area contributed by atoms with E-state index >= 15 is 0 Å². The summed E-state index contributed by atoms with van der Waals surface area (Å²) in [4.78, 5) is 0. The average Bonchev–Trinajstić information content (AvgIpc) is 3.24. The van der Waals surface area contributed by atoms with E-state index in [0.29, 0.717) is 0 Å². The summed E-state index contributed by atoms with van der Waals surface area (Å²) in [6.07, 6.45) is 4.12. The largest absolute Gasteiger partial charge is 0.116 e. The third-order valence-electron chi connectivity index (χ3n) is 6.02. The van der Waals surface area contributed by atoms with Gasteiger partial charge >= 0.3 is 0 Å². The van der Waals surface area contributed by atoms with Crippen molar-refractivity contribution in [3.05, 3.63) is 90.5 Å². The number of hydrogen-bond donors (Lipinski definition) is 0. The van der Waals surface area contributed by atoms with E-state index in [2.05, 4.69) is 84.9 Å². The molecule has 1 fully saturated rings. The minimum atomic E-state index is -1.55. The molecule has 2 atom stereocenters. The van der Waals surface area contributed by atoms with Crippen molar-refractivity contribution in [1.82, 2.24) is 0 Å². The fourth-order valence-corrected chi connectivity index (χ4v) is 10.9. The normalized spacial score (nSPS) is 23.7. The smallest absolute Gasteiger partial charge is 0.0620 e. The first-order valence-corrected chi connectivity index (χ1v) is 10.9. The van der Waals surface area contributed by atoms with Crippen molar-refractivity contribution in [2.45, 2.75) is 30.8 Å². The topological polar surface area (TPSA) is 0 Å². The van der Waals surface area contributed by atoms with Crippen LogP contribution in [-0.2, 0) is 0 Å². The van der Waals surface area contributed by atoms with Gasteiger partial charge in [0.15, 0.2) is 0 Å². The molecule has 0 aromatic heterocycles. The molecule has 0 spiro atoms. The maximum absolute atomic E-state index is 2.43. The van der Waals surface area contributed by atoms with Crippen LogP contribution in [0.2, 0.25) is 0 Å². The van der Waals surface area contributed by atoms with Gasteiger partial charge in [-0.1, -0.05) is 54.6 Å². The lowest BCUT2D eigenvalue weighted by Crippen LogP contribution is -2.34. The lowest BCUT2D eigenvalue weighted by molar-refractivity contribution is 0.747. The second-order valence-electron chi connectivity index (χ2n) is 7.06. The van der Waals surface area contributed by atoms with Gasteiger partial charge in [0.2, 0.25) is 0 Å². The Morgan fingerprint density at radius 1 is 0.625 bits per heavy atom. The summed E-state index contributed by atoms with van der Waals surface area (Å²) in [6.45, 7) is 0. The van der Waals surface area contributed by atoms with Gasteiger partial charge in [-0.05, 0) is 49.6 Å². The van der Waals surface area contributed by atoms with Crippen LogP contribution in [0.3, 0.4) is 0 Å². The van der Waals surface area contributed by atoms with Crippen LogP contribution in [0.5, 0.6) is 0 Å². The minimum absolute atomic E-state index is 0.759. The molecule has 1 aliphatic carbocycles. The summed E-state index contributed by atoms with van der Waals surface area (Å²) in [5, 5.41) is 4.79. The first kappa shape index (κ1) is 14.4. The standard InChI is InChI=1S/C23H22P/c1-3-10-18(11-4-1)24(19-12-5-2-6-13-19)22-16-8-7-14-20(22)21-15-9-17-23(21)24/h1-8,10-14,16,21,23H,9,15,17H2/q+1/t21?,23-/m0/s1. The Bertz CT molecular complexity index is 814. The zero-order valence-electron chi connectivity index (χ0n) is 13.8. The molecule has 3 aromatic carbocycles. The number of hydrogen-bond acceptors (Lipinski definition) is 0. The Labute approximate surface area is 144 Å². The highest BCUT2D eigenvalue weighted by atomic mass is 31.2. The quantitative estimate of drug-likeness (QED) is 0.601. The average molecular weight is 329 g/mol. The third-order valence-corrected chi connectivity index (χ3v) is 11.0. The summed E-state index contributed by atoms with van der Waals surface area (Å²) in [6, 6.07) is 32.1.